The molecular formula is C14H17N5O3. The lowest BCUT2D eigenvalue weighted by Crippen LogP contribution is -2.22. The lowest BCUT2D eigenvalue weighted by Gasteiger charge is -2.19. The number of hydrogen-bond acceptors (Lipinski definition) is 5. The van der Waals surface area contributed by atoms with Crippen molar-refractivity contribution in [1.29, 1.82) is 0 Å². The van der Waals surface area contributed by atoms with Crippen molar-refractivity contribution in [2.45, 2.75) is 26.3 Å². The number of amidine groups is 1. The van der Waals surface area contributed by atoms with Crippen molar-refractivity contribution in [3.63, 3.8) is 0 Å². The van der Waals surface area contributed by atoms with Gasteiger partial charge >= 0.3 is 0 Å². The maximum atomic E-state index is 11.3. The van der Waals surface area contributed by atoms with Crippen molar-refractivity contribution in [3.8, 4) is 11.3 Å². The first-order chi connectivity index (χ1) is 10.3. The molecule has 0 amide bonds. The second-order valence-corrected chi connectivity index (χ2v) is 5.76. The third kappa shape index (κ3) is 2.76. The first kappa shape index (κ1) is 15.5. The lowest BCUT2D eigenvalue weighted by molar-refractivity contribution is -0.384. The van der Waals surface area contributed by atoms with Crippen LogP contribution in [0.3, 0.4) is 0 Å². The van der Waals surface area contributed by atoms with Gasteiger partial charge in [0, 0.05) is 17.8 Å². The number of nitro groups is 1. The van der Waals surface area contributed by atoms with E-state index in [1.54, 1.807) is 23.0 Å². The van der Waals surface area contributed by atoms with E-state index in [-0.39, 0.29) is 28.2 Å². The molecule has 0 radical (unpaired) electrons. The van der Waals surface area contributed by atoms with Gasteiger partial charge in [-0.15, -0.1) is 0 Å². The van der Waals surface area contributed by atoms with Crippen LogP contribution in [-0.2, 0) is 5.54 Å². The Kier molecular flexibility index (Phi) is 3.85. The van der Waals surface area contributed by atoms with Crippen LogP contribution in [0.15, 0.2) is 35.6 Å². The highest BCUT2D eigenvalue weighted by atomic mass is 16.6. The molecule has 2 rings (SSSR count). The highest BCUT2D eigenvalue weighted by Gasteiger charge is 2.24. The highest BCUT2D eigenvalue weighted by molar-refractivity contribution is 6.04. The fourth-order valence-electron chi connectivity index (χ4n) is 2.06. The van der Waals surface area contributed by atoms with E-state index in [9.17, 15) is 10.1 Å². The van der Waals surface area contributed by atoms with Gasteiger partial charge in [0.1, 0.15) is 0 Å². The van der Waals surface area contributed by atoms with Gasteiger partial charge in [-0.05, 0) is 32.9 Å². The second kappa shape index (κ2) is 5.47. The largest absolute Gasteiger partial charge is 0.409 e. The molecule has 0 spiro atoms. The zero-order valence-electron chi connectivity index (χ0n) is 12.5. The average Bonchev–Trinajstić information content (AvgIpc) is 2.95. The molecule has 0 fully saturated rings. The van der Waals surface area contributed by atoms with Gasteiger partial charge in [-0.2, -0.15) is 5.10 Å². The summed E-state index contributed by atoms with van der Waals surface area (Å²) in [4.78, 5) is 10.8. The van der Waals surface area contributed by atoms with Crippen LogP contribution in [0, 0.1) is 10.1 Å². The average molecular weight is 303 g/mol. The number of benzene rings is 1. The molecule has 0 unspecified atom stereocenters. The van der Waals surface area contributed by atoms with Crippen LogP contribution < -0.4 is 5.73 Å². The molecular weight excluding hydrogens is 286 g/mol. The van der Waals surface area contributed by atoms with Gasteiger partial charge < -0.3 is 10.9 Å². The molecule has 0 aliphatic rings. The molecule has 116 valence electrons. The molecule has 2 aromatic rings. The molecule has 0 aliphatic heterocycles. The summed E-state index contributed by atoms with van der Waals surface area (Å²) in [6.07, 6.45) is 1.74. The van der Waals surface area contributed by atoms with E-state index in [2.05, 4.69) is 10.3 Å². The SMILES string of the molecule is CC(C)(C)n1ccc(-c2c(C(N)=NO)cccc2[N+](=O)[O-])n1. The molecule has 22 heavy (non-hydrogen) atoms. The summed E-state index contributed by atoms with van der Waals surface area (Å²) in [5.74, 6) is -0.205. The van der Waals surface area contributed by atoms with Crippen molar-refractivity contribution in [1.82, 2.24) is 9.78 Å². The smallest absolute Gasteiger partial charge is 0.279 e. The topological polar surface area (TPSA) is 120 Å². The Morgan fingerprint density at radius 3 is 2.59 bits per heavy atom. The standard InChI is InChI=1S/C14H17N5O3/c1-14(2,3)18-8-7-10(16-18)12-9(13(15)17-20)5-4-6-11(12)19(21)22/h4-8,20H,1-3H3,(H2,15,17). The van der Waals surface area contributed by atoms with E-state index in [0.717, 1.165) is 0 Å². The van der Waals surface area contributed by atoms with Crippen molar-refractivity contribution < 1.29 is 10.1 Å². The van der Waals surface area contributed by atoms with Gasteiger partial charge in [0.15, 0.2) is 5.84 Å². The number of aromatic nitrogens is 2. The molecule has 1 aromatic carbocycles. The van der Waals surface area contributed by atoms with Gasteiger partial charge in [-0.1, -0.05) is 11.2 Å². The van der Waals surface area contributed by atoms with E-state index < -0.39 is 4.92 Å². The van der Waals surface area contributed by atoms with Crippen LogP contribution in [0.4, 0.5) is 5.69 Å². The Morgan fingerprint density at radius 2 is 2.09 bits per heavy atom. The fourth-order valence-corrected chi connectivity index (χ4v) is 2.06. The summed E-state index contributed by atoms with van der Waals surface area (Å²) < 4.78 is 1.70. The number of nitrogens with zero attached hydrogens (tertiary/aromatic N) is 4. The van der Waals surface area contributed by atoms with Crippen LogP contribution in [-0.4, -0.2) is 25.7 Å². The number of nitrogens with two attached hydrogens (primary N) is 1. The summed E-state index contributed by atoms with van der Waals surface area (Å²) in [6.45, 7) is 5.90. The maximum Gasteiger partial charge on any atom is 0.279 e. The maximum absolute atomic E-state index is 11.3. The minimum Gasteiger partial charge on any atom is -0.409 e. The minimum atomic E-state index is -0.514. The monoisotopic (exact) mass is 303 g/mol. The van der Waals surface area contributed by atoms with E-state index in [4.69, 9.17) is 10.9 Å². The van der Waals surface area contributed by atoms with Gasteiger partial charge in [0.25, 0.3) is 5.69 Å². The van der Waals surface area contributed by atoms with Gasteiger partial charge in [-0.25, -0.2) is 0 Å². The lowest BCUT2D eigenvalue weighted by atomic mass is 10.0. The van der Waals surface area contributed by atoms with E-state index in [1.807, 2.05) is 20.8 Å². The molecule has 1 heterocycles. The third-order valence-corrected chi connectivity index (χ3v) is 3.16. The van der Waals surface area contributed by atoms with Crippen LogP contribution in [0.2, 0.25) is 0 Å². The van der Waals surface area contributed by atoms with Gasteiger partial charge in [-0.3, -0.25) is 14.8 Å². The summed E-state index contributed by atoms with van der Waals surface area (Å²) in [6, 6.07) is 6.06. The minimum absolute atomic E-state index is 0.150. The molecule has 8 heteroatoms. The van der Waals surface area contributed by atoms with Crippen LogP contribution in [0.5, 0.6) is 0 Å². The number of nitro benzene ring substituents is 1. The third-order valence-electron chi connectivity index (χ3n) is 3.16. The molecule has 0 atom stereocenters. The molecule has 0 bridgehead atoms. The Morgan fingerprint density at radius 1 is 1.41 bits per heavy atom. The van der Waals surface area contributed by atoms with E-state index in [0.29, 0.717) is 5.69 Å². The van der Waals surface area contributed by atoms with Gasteiger partial charge in [0.05, 0.1) is 21.7 Å². The molecule has 0 saturated carbocycles. The first-order valence-electron chi connectivity index (χ1n) is 6.57. The molecule has 8 nitrogen and oxygen atoms in total. The van der Waals surface area contributed by atoms with Crippen molar-refractivity contribution in [3.05, 3.63) is 46.1 Å². The molecule has 0 saturated heterocycles. The predicted octanol–water partition coefficient (Wildman–Crippen LogP) is 2.31. The zero-order valence-corrected chi connectivity index (χ0v) is 12.5. The Hall–Kier alpha value is -2.90. The summed E-state index contributed by atoms with van der Waals surface area (Å²) in [5.41, 5.74) is 6.10. The molecule has 3 N–H and O–H groups in total. The first-order valence-corrected chi connectivity index (χ1v) is 6.57. The quantitative estimate of drug-likeness (QED) is 0.296. The number of oxime groups is 1. The van der Waals surface area contributed by atoms with Gasteiger partial charge in [0.2, 0.25) is 0 Å². The molecule has 1 aromatic heterocycles. The fraction of sp³-hybridized carbons (Fsp3) is 0.286. The van der Waals surface area contributed by atoms with Crippen molar-refractivity contribution in [2.24, 2.45) is 10.9 Å². The van der Waals surface area contributed by atoms with Crippen LogP contribution in [0.25, 0.3) is 11.3 Å². The van der Waals surface area contributed by atoms with Crippen molar-refractivity contribution in [2.75, 3.05) is 0 Å². The number of hydrogen-bond donors (Lipinski definition) is 2. The highest BCUT2D eigenvalue weighted by Crippen LogP contribution is 2.32. The second-order valence-electron chi connectivity index (χ2n) is 5.76. The summed E-state index contributed by atoms with van der Waals surface area (Å²) >= 11 is 0. The Bertz CT molecular complexity index is 743. The Labute approximate surface area is 127 Å². The normalized spacial score (nSPS) is 12.4. The van der Waals surface area contributed by atoms with E-state index in [1.165, 1.54) is 12.1 Å². The number of rotatable bonds is 3. The predicted molar refractivity (Wildman–Crippen MR) is 81.8 cm³/mol. The van der Waals surface area contributed by atoms with E-state index >= 15 is 0 Å². The Balaban J connectivity index is 2.72. The van der Waals surface area contributed by atoms with Crippen LogP contribution >= 0.6 is 0 Å². The summed E-state index contributed by atoms with van der Waals surface area (Å²) in [5, 5.41) is 27.5. The van der Waals surface area contributed by atoms with Crippen LogP contribution in [0.1, 0.15) is 26.3 Å². The molecule has 0 aliphatic carbocycles. The zero-order chi connectivity index (χ0) is 16.5. The summed E-state index contributed by atoms with van der Waals surface area (Å²) in [7, 11) is 0. The van der Waals surface area contributed by atoms with Crippen molar-refractivity contribution >= 4 is 11.5 Å².